The number of carbonyl (C=O) groups is 1. The Labute approximate surface area is 141 Å². The monoisotopic (exact) mass is 374 g/mol. The van der Waals surface area contributed by atoms with Crippen molar-refractivity contribution < 1.29 is 9.53 Å². The van der Waals surface area contributed by atoms with Gasteiger partial charge in [-0.3, -0.25) is 9.20 Å². The number of rotatable bonds is 4. The topological polar surface area (TPSA) is 68.5 Å². The quantitative estimate of drug-likeness (QED) is 0.761. The Bertz CT molecular complexity index is 876. The second kappa shape index (κ2) is 6.37. The van der Waals surface area contributed by atoms with Gasteiger partial charge in [0.2, 0.25) is 0 Å². The maximum Gasteiger partial charge on any atom is 0.262 e. The number of amides is 1. The molecule has 0 atom stereocenters. The number of ether oxygens (including phenoxy) is 1. The van der Waals surface area contributed by atoms with Crippen LogP contribution in [0.5, 0.6) is 5.75 Å². The lowest BCUT2D eigenvalue weighted by Gasteiger charge is -2.11. The molecule has 0 aliphatic carbocycles. The van der Waals surface area contributed by atoms with E-state index in [0.717, 1.165) is 15.6 Å². The van der Waals surface area contributed by atoms with Crippen LogP contribution in [0.25, 0.3) is 5.65 Å². The molecular weight excluding hydrogens is 360 g/mol. The largest absolute Gasteiger partial charge is 0.483 e. The van der Waals surface area contributed by atoms with Crippen molar-refractivity contribution >= 4 is 33.2 Å². The van der Waals surface area contributed by atoms with E-state index < -0.39 is 0 Å². The Morgan fingerprint density at radius 2 is 2.17 bits per heavy atom. The van der Waals surface area contributed by atoms with Crippen LogP contribution in [-0.4, -0.2) is 27.1 Å². The van der Waals surface area contributed by atoms with Gasteiger partial charge in [-0.1, -0.05) is 12.1 Å². The van der Waals surface area contributed by atoms with Crippen molar-refractivity contribution in [2.75, 3.05) is 11.9 Å². The standard InChI is InChI=1S/C16H15BrN4O2/c1-10-3-4-11(2)14(5-10)23-8-15(22)19-13-6-12(17)7-21-9-18-20-16(13)21/h3-7,9H,8H2,1-2H3,(H,19,22). The number of pyridine rings is 1. The minimum Gasteiger partial charge on any atom is -0.483 e. The number of hydrogen-bond acceptors (Lipinski definition) is 4. The van der Waals surface area contributed by atoms with E-state index in [9.17, 15) is 4.79 Å². The molecule has 6 nitrogen and oxygen atoms in total. The third-order valence-corrected chi connectivity index (χ3v) is 3.77. The molecule has 1 N–H and O–H groups in total. The molecule has 2 heterocycles. The molecule has 0 bridgehead atoms. The third-order valence-electron chi connectivity index (χ3n) is 3.34. The minimum absolute atomic E-state index is 0.0723. The van der Waals surface area contributed by atoms with Crippen LogP contribution in [0, 0.1) is 13.8 Å². The van der Waals surface area contributed by atoms with Crippen molar-refractivity contribution in [3.05, 3.63) is 52.4 Å². The molecule has 7 heteroatoms. The van der Waals surface area contributed by atoms with Gasteiger partial charge in [0.25, 0.3) is 5.91 Å². The van der Waals surface area contributed by atoms with Gasteiger partial charge in [-0.05, 0) is 53.0 Å². The minimum atomic E-state index is -0.256. The van der Waals surface area contributed by atoms with Crippen molar-refractivity contribution in [2.24, 2.45) is 0 Å². The first-order valence-corrected chi connectivity index (χ1v) is 7.81. The lowest BCUT2D eigenvalue weighted by atomic mass is 10.1. The van der Waals surface area contributed by atoms with Gasteiger partial charge in [-0.15, -0.1) is 10.2 Å². The van der Waals surface area contributed by atoms with Crippen LogP contribution in [0.4, 0.5) is 5.69 Å². The smallest absolute Gasteiger partial charge is 0.262 e. The molecule has 0 saturated carbocycles. The number of aromatic nitrogens is 3. The molecule has 3 rings (SSSR count). The number of halogens is 1. The molecule has 0 unspecified atom stereocenters. The van der Waals surface area contributed by atoms with Gasteiger partial charge in [-0.25, -0.2) is 0 Å². The fourth-order valence-corrected chi connectivity index (χ4v) is 2.64. The molecule has 1 amide bonds. The summed E-state index contributed by atoms with van der Waals surface area (Å²) in [6, 6.07) is 7.67. The Balaban J connectivity index is 1.71. The number of fused-ring (bicyclic) bond motifs is 1. The van der Waals surface area contributed by atoms with Gasteiger partial charge in [0.1, 0.15) is 12.1 Å². The summed E-state index contributed by atoms with van der Waals surface area (Å²) < 4.78 is 8.15. The summed E-state index contributed by atoms with van der Waals surface area (Å²) in [5.74, 6) is 0.455. The van der Waals surface area contributed by atoms with Crippen LogP contribution in [0.2, 0.25) is 0 Å². The highest BCUT2D eigenvalue weighted by molar-refractivity contribution is 9.10. The molecular formula is C16H15BrN4O2. The number of nitrogens with one attached hydrogen (secondary N) is 1. The first-order valence-electron chi connectivity index (χ1n) is 7.02. The van der Waals surface area contributed by atoms with Gasteiger partial charge in [0.05, 0.1) is 5.69 Å². The zero-order chi connectivity index (χ0) is 16.4. The maximum absolute atomic E-state index is 12.2. The van der Waals surface area contributed by atoms with Gasteiger partial charge >= 0.3 is 0 Å². The van der Waals surface area contributed by atoms with Crippen molar-refractivity contribution in [1.29, 1.82) is 0 Å². The lowest BCUT2D eigenvalue weighted by Crippen LogP contribution is -2.21. The summed E-state index contributed by atoms with van der Waals surface area (Å²) in [6.07, 6.45) is 3.39. The van der Waals surface area contributed by atoms with E-state index >= 15 is 0 Å². The van der Waals surface area contributed by atoms with E-state index in [0.29, 0.717) is 17.1 Å². The molecule has 0 saturated heterocycles. The molecule has 3 aromatic rings. The van der Waals surface area contributed by atoms with Crippen molar-refractivity contribution in [1.82, 2.24) is 14.6 Å². The summed E-state index contributed by atoms with van der Waals surface area (Å²) in [4.78, 5) is 12.2. The second-order valence-electron chi connectivity index (χ2n) is 5.24. The van der Waals surface area contributed by atoms with Crippen LogP contribution < -0.4 is 10.1 Å². The predicted molar refractivity (Wildman–Crippen MR) is 90.7 cm³/mol. The van der Waals surface area contributed by atoms with Gasteiger partial charge < -0.3 is 10.1 Å². The van der Waals surface area contributed by atoms with Gasteiger partial charge in [0, 0.05) is 10.7 Å². The molecule has 1 aromatic carbocycles. The van der Waals surface area contributed by atoms with E-state index in [2.05, 4.69) is 31.4 Å². The fraction of sp³-hybridized carbons (Fsp3) is 0.188. The Hall–Kier alpha value is -2.41. The number of hydrogen-bond donors (Lipinski definition) is 1. The van der Waals surface area contributed by atoms with Crippen LogP contribution in [-0.2, 0) is 4.79 Å². The molecule has 0 radical (unpaired) electrons. The van der Waals surface area contributed by atoms with E-state index in [1.165, 1.54) is 0 Å². The summed E-state index contributed by atoms with van der Waals surface area (Å²) in [5.41, 5.74) is 3.23. The Morgan fingerprint density at radius 3 is 3.00 bits per heavy atom. The van der Waals surface area contributed by atoms with Crippen LogP contribution >= 0.6 is 15.9 Å². The number of nitrogens with zero attached hydrogens (tertiary/aromatic N) is 3. The van der Waals surface area contributed by atoms with Gasteiger partial charge in [0.15, 0.2) is 12.3 Å². The lowest BCUT2D eigenvalue weighted by molar-refractivity contribution is -0.118. The first-order chi connectivity index (χ1) is 11.0. The molecule has 23 heavy (non-hydrogen) atoms. The molecule has 118 valence electrons. The highest BCUT2D eigenvalue weighted by Crippen LogP contribution is 2.21. The Morgan fingerprint density at radius 1 is 1.35 bits per heavy atom. The predicted octanol–water partition coefficient (Wildman–Crippen LogP) is 3.13. The van der Waals surface area contributed by atoms with Crippen LogP contribution in [0.3, 0.4) is 0 Å². The third kappa shape index (κ3) is 3.50. The normalized spacial score (nSPS) is 10.7. The molecule has 0 aliphatic rings. The van der Waals surface area contributed by atoms with E-state index in [4.69, 9.17) is 4.74 Å². The van der Waals surface area contributed by atoms with Crippen molar-refractivity contribution in [3.8, 4) is 5.75 Å². The van der Waals surface area contributed by atoms with Crippen LogP contribution in [0.1, 0.15) is 11.1 Å². The average Bonchev–Trinajstić information content (AvgIpc) is 2.96. The molecule has 2 aromatic heterocycles. The average molecular weight is 375 g/mol. The number of benzene rings is 1. The number of anilines is 1. The van der Waals surface area contributed by atoms with Crippen molar-refractivity contribution in [3.63, 3.8) is 0 Å². The summed E-state index contributed by atoms with van der Waals surface area (Å²) >= 11 is 3.39. The van der Waals surface area contributed by atoms with E-state index in [-0.39, 0.29) is 12.5 Å². The summed E-state index contributed by atoms with van der Waals surface area (Å²) in [5, 5.41) is 10.6. The Kier molecular flexibility index (Phi) is 4.29. The SMILES string of the molecule is Cc1ccc(C)c(OCC(=O)Nc2cc(Br)cn3cnnc23)c1. The number of carbonyl (C=O) groups excluding carboxylic acids is 1. The maximum atomic E-state index is 12.2. The van der Waals surface area contributed by atoms with E-state index in [1.54, 1.807) is 16.8 Å². The zero-order valence-corrected chi connectivity index (χ0v) is 14.3. The second-order valence-corrected chi connectivity index (χ2v) is 6.16. The fourth-order valence-electron chi connectivity index (χ4n) is 2.19. The zero-order valence-electron chi connectivity index (χ0n) is 12.7. The molecule has 0 fully saturated rings. The molecule has 0 spiro atoms. The number of aryl methyl sites for hydroxylation is 2. The first kappa shape index (κ1) is 15.5. The van der Waals surface area contributed by atoms with Gasteiger partial charge in [-0.2, -0.15) is 0 Å². The van der Waals surface area contributed by atoms with E-state index in [1.807, 2.05) is 38.2 Å². The summed E-state index contributed by atoms with van der Waals surface area (Å²) in [6.45, 7) is 3.85. The van der Waals surface area contributed by atoms with Crippen molar-refractivity contribution in [2.45, 2.75) is 13.8 Å². The summed E-state index contributed by atoms with van der Waals surface area (Å²) in [7, 11) is 0. The molecule has 0 aliphatic heterocycles. The highest BCUT2D eigenvalue weighted by Gasteiger charge is 2.10. The highest BCUT2D eigenvalue weighted by atomic mass is 79.9. The van der Waals surface area contributed by atoms with Crippen LogP contribution in [0.15, 0.2) is 41.3 Å².